The van der Waals surface area contributed by atoms with Crippen LogP contribution in [0, 0.1) is 11.6 Å². The van der Waals surface area contributed by atoms with Gasteiger partial charge in [0.25, 0.3) is 0 Å². The minimum Gasteiger partial charge on any atom is -0.365 e. The number of nitrogens with zero attached hydrogens (tertiary/aromatic N) is 4. The Kier molecular flexibility index (Phi) is 5.53. The first-order valence-electron chi connectivity index (χ1n) is 8.87. The van der Waals surface area contributed by atoms with Crippen LogP contribution in [0.1, 0.15) is 30.3 Å². The lowest BCUT2D eigenvalue weighted by atomic mass is 10.1. The highest BCUT2D eigenvalue weighted by Crippen LogP contribution is 2.23. The van der Waals surface area contributed by atoms with Gasteiger partial charge >= 0.3 is 0 Å². The van der Waals surface area contributed by atoms with Gasteiger partial charge in [-0.15, -0.1) is 0 Å². The molecule has 0 spiro atoms. The number of anilines is 1. The highest BCUT2D eigenvalue weighted by Gasteiger charge is 2.27. The van der Waals surface area contributed by atoms with Gasteiger partial charge in [0.05, 0.1) is 0 Å². The van der Waals surface area contributed by atoms with Gasteiger partial charge in [-0.25, -0.2) is 8.78 Å². The van der Waals surface area contributed by atoms with Gasteiger partial charge in [0.15, 0.2) is 5.78 Å². The molecular weight excluding hydrogens is 354 g/mol. The summed E-state index contributed by atoms with van der Waals surface area (Å²) >= 11 is 0. The Morgan fingerprint density at radius 1 is 1.15 bits per heavy atom. The molecule has 3 rings (SSSR count). The molecular formula is C19H22F2N4O2. The van der Waals surface area contributed by atoms with Gasteiger partial charge in [-0.2, -0.15) is 5.10 Å². The van der Waals surface area contributed by atoms with Crippen LogP contribution in [0.25, 0.3) is 0 Å². The zero-order chi connectivity index (χ0) is 19.6. The van der Waals surface area contributed by atoms with Crippen molar-refractivity contribution in [1.29, 1.82) is 0 Å². The number of amides is 1. The number of piperazine rings is 1. The van der Waals surface area contributed by atoms with E-state index in [0.717, 1.165) is 6.07 Å². The van der Waals surface area contributed by atoms with Crippen LogP contribution in [0.15, 0.2) is 30.5 Å². The van der Waals surface area contributed by atoms with E-state index in [0.29, 0.717) is 31.0 Å². The fraction of sp³-hybridized carbons (Fsp3) is 0.421. The van der Waals surface area contributed by atoms with E-state index in [2.05, 4.69) is 5.10 Å². The molecule has 0 bridgehead atoms. The molecule has 1 atom stereocenters. The van der Waals surface area contributed by atoms with Crippen molar-refractivity contribution in [3.63, 3.8) is 0 Å². The number of Topliss-reactive ketones (excluding diaryl/α,β-unsaturated/α-hetero) is 1. The highest BCUT2D eigenvalue weighted by atomic mass is 19.1. The lowest BCUT2D eigenvalue weighted by Gasteiger charge is -2.41. The number of aromatic nitrogens is 2. The van der Waals surface area contributed by atoms with Crippen LogP contribution in [0.2, 0.25) is 0 Å². The maximum absolute atomic E-state index is 13.5. The van der Waals surface area contributed by atoms with Crippen molar-refractivity contribution in [1.82, 2.24) is 14.7 Å². The molecule has 1 aromatic carbocycles. The van der Waals surface area contributed by atoms with Crippen LogP contribution >= 0.6 is 0 Å². The van der Waals surface area contributed by atoms with E-state index < -0.39 is 11.6 Å². The number of hydrogen-bond donors (Lipinski definition) is 0. The Bertz CT molecular complexity index is 832. The van der Waals surface area contributed by atoms with Crippen molar-refractivity contribution in [3.05, 3.63) is 47.8 Å². The summed E-state index contributed by atoms with van der Waals surface area (Å²) in [6, 6.07) is 4.97. The maximum atomic E-state index is 13.5. The third-order valence-corrected chi connectivity index (χ3v) is 4.72. The second kappa shape index (κ2) is 7.85. The van der Waals surface area contributed by atoms with Crippen molar-refractivity contribution in [2.75, 3.05) is 24.5 Å². The summed E-state index contributed by atoms with van der Waals surface area (Å²) < 4.78 is 28.5. The summed E-state index contributed by atoms with van der Waals surface area (Å²) in [5.74, 6) is -1.51. The lowest BCUT2D eigenvalue weighted by Crippen LogP contribution is -2.53. The van der Waals surface area contributed by atoms with Gasteiger partial charge in [0.1, 0.15) is 17.3 Å². The van der Waals surface area contributed by atoms with Gasteiger partial charge < -0.3 is 9.80 Å². The number of carbonyl (C=O) groups excluding carboxylic acids is 2. The molecule has 2 aromatic rings. The Morgan fingerprint density at radius 2 is 1.85 bits per heavy atom. The van der Waals surface area contributed by atoms with Gasteiger partial charge in [-0.3, -0.25) is 14.3 Å². The number of hydrogen-bond acceptors (Lipinski definition) is 4. The number of halogens is 2. The van der Waals surface area contributed by atoms with E-state index in [4.69, 9.17) is 0 Å². The summed E-state index contributed by atoms with van der Waals surface area (Å²) in [6.07, 6.45) is 1.92. The molecule has 1 aliphatic heterocycles. The number of aryl methyl sites for hydroxylation is 1. The summed E-state index contributed by atoms with van der Waals surface area (Å²) in [6.45, 7) is 3.26. The molecule has 144 valence electrons. The van der Waals surface area contributed by atoms with E-state index in [1.54, 1.807) is 28.9 Å². The van der Waals surface area contributed by atoms with Crippen LogP contribution < -0.4 is 4.90 Å². The summed E-state index contributed by atoms with van der Waals surface area (Å²) in [5.41, 5.74) is 0.828. The largest absolute Gasteiger partial charge is 0.365 e. The first-order chi connectivity index (χ1) is 12.8. The number of benzene rings is 1. The van der Waals surface area contributed by atoms with Gasteiger partial charge in [-0.1, -0.05) is 0 Å². The quantitative estimate of drug-likeness (QED) is 0.752. The molecule has 2 heterocycles. The summed E-state index contributed by atoms with van der Waals surface area (Å²) in [7, 11) is 1.73. The Balaban J connectivity index is 1.55. The van der Waals surface area contributed by atoms with E-state index in [1.165, 1.54) is 12.1 Å². The van der Waals surface area contributed by atoms with E-state index in [1.807, 2.05) is 11.8 Å². The standard InChI is InChI=1S/C19H22F2N4O2/c1-13-12-24(7-8-25(13)16-10-14(20)9-15(21)11-16)19(27)4-3-18(26)17-5-6-23(2)22-17/h5-6,9-11,13H,3-4,7-8,12H2,1-2H3/t13-/m0/s1. The predicted octanol–water partition coefficient (Wildman–Crippen LogP) is 2.40. The molecule has 6 nitrogen and oxygen atoms in total. The zero-order valence-electron chi connectivity index (χ0n) is 15.4. The predicted molar refractivity (Wildman–Crippen MR) is 96.5 cm³/mol. The van der Waals surface area contributed by atoms with Crippen LogP contribution in [-0.2, 0) is 11.8 Å². The van der Waals surface area contributed by atoms with E-state index in [-0.39, 0.29) is 30.6 Å². The fourth-order valence-electron chi connectivity index (χ4n) is 3.34. The topological polar surface area (TPSA) is 58.4 Å². The van der Waals surface area contributed by atoms with Crippen molar-refractivity contribution < 1.29 is 18.4 Å². The van der Waals surface area contributed by atoms with E-state index >= 15 is 0 Å². The molecule has 0 saturated carbocycles. The molecule has 1 aliphatic rings. The molecule has 1 aromatic heterocycles. The van der Waals surface area contributed by atoms with Crippen molar-refractivity contribution in [3.8, 4) is 0 Å². The number of carbonyl (C=O) groups is 2. The first kappa shape index (κ1) is 19.0. The molecule has 0 unspecified atom stereocenters. The molecule has 0 N–H and O–H groups in total. The molecule has 1 fully saturated rings. The Morgan fingerprint density at radius 3 is 2.44 bits per heavy atom. The maximum Gasteiger partial charge on any atom is 0.223 e. The van der Waals surface area contributed by atoms with Crippen LogP contribution in [0.5, 0.6) is 0 Å². The number of ketones is 1. The minimum atomic E-state index is -0.622. The second-order valence-corrected chi connectivity index (χ2v) is 6.81. The van der Waals surface area contributed by atoms with Gasteiger partial charge in [0.2, 0.25) is 5.91 Å². The molecule has 1 saturated heterocycles. The average Bonchev–Trinajstić information content (AvgIpc) is 3.05. The third kappa shape index (κ3) is 4.50. The summed E-state index contributed by atoms with van der Waals surface area (Å²) in [5, 5.41) is 4.05. The lowest BCUT2D eigenvalue weighted by molar-refractivity contribution is -0.131. The van der Waals surface area contributed by atoms with Gasteiger partial charge in [0, 0.05) is 63.5 Å². The van der Waals surface area contributed by atoms with Crippen LogP contribution in [0.4, 0.5) is 14.5 Å². The second-order valence-electron chi connectivity index (χ2n) is 6.81. The van der Waals surface area contributed by atoms with Crippen LogP contribution in [-0.4, -0.2) is 52.0 Å². The fourth-order valence-corrected chi connectivity index (χ4v) is 3.34. The molecule has 1 amide bonds. The Hall–Kier alpha value is -2.77. The highest BCUT2D eigenvalue weighted by molar-refractivity contribution is 5.96. The van der Waals surface area contributed by atoms with E-state index in [9.17, 15) is 18.4 Å². The molecule has 27 heavy (non-hydrogen) atoms. The Labute approximate surface area is 156 Å². The smallest absolute Gasteiger partial charge is 0.223 e. The monoisotopic (exact) mass is 376 g/mol. The third-order valence-electron chi connectivity index (χ3n) is 4.72. The molecule has 8 heteroatoms. The molecule has 0 radical (unpaired) electrons. The van der Waals surface area contributed by atoms with Crippen molar-refractivity contribution in [2.45, 2.75) is 25.8 Å². The minimum absolute atomic E-state index is 0.0876. The SMILES string of the molecule is C[C@H]1CN(C(=O)CCC(=O)c2ccn(C)n2)CCN1c1cc(F)cc(F)c1. The normalized spacial score (nSPS) is 17.3. The van der Waals surface area contributed by atoms with Crippen molar-refractivity contribution >= 4 is 17.4 Å². The van der Waals surface area contributed by atoms with Gasteiger partial charge in [-0.05, 0) is 25.1 Å². The summed E-state index contributed by atoms with van der Waals surface area (Å²) in [4.78, 5) is 28.1. The zero-order valence-corrected chi connectivity index (χ0v) is 15.4. The van der Waals surface area contributed by atoms with Crippen molar-refractivity contribution in [2.24, 2.45) is 7.05 Å². The molecule has 0 aliphatic carbocycles. The first-order valence-corrected chi connectivity index (χ1v) is 8.87. The number of rotatable bonds is 5. The van der Waals surface area contributed by atoms with Crippen LogP contribution in [0.3, 0.4) is 0 Å². The average molecular weight is 376 g/mol.